The van der Waals surface area contributed by atoms with Gasteiger partial charge in [-0.2, -0.15) is 5.10 Å². The maximum Gasteiger partial charge on any atom is 0.183 e. The van der Waals surface area contributed by atoms with Crippen LogP contribution in [0, 0.1) is 0 Å². The second-order valence-electron chi connectivity index (χ2n) is 3.89. The van der Waals surface area contributed by atoms with Crippen LogP contribution in [0.25, 0.3) is 0 Å². The number of nitrogens with one attached hydrogen (secondary N) is 1. The number of aromatic amines is 1. The number of aromatic nitrogens is 3. The van der Waals surface area contributed by atoms with Crippen molar-refractivity contribution in [1.82, 2.24) is 15.2 Å². The zero-order chi connectivity index (χ0) is 13.7. The highest BCUT2D eigenvalue weighted by Gasteiger charge is 2.09. The molecule has 1 N–H and O–H groups in total. The number of nitrogens with zero attached hydrogens (tertiary/aromatic N) is 2. The number of hydrogen-bond donors (Lipinski definition) is 1. The van der Waals surface area contributed by atoms with Gasteiger partial charge in [0.1, 0.15) is 12.1 Å². The monoisotopic (exact) mass is 277 g/mol. The van der Waals surface area contributed by atoms with E-state index in [9.17, 15) is 4.79 Å². The number of Topliss-reactive ketones (excluding diaryl/α,β-unsaturated/α-hetero) is 1. The highest BCUT2D eigenvalue weighted by atomic mass is 32.2. The predicted molar refractivity (Wildman–Crippen MR) is 73.6 cm³/mol. The molecule has 0 bridgehead atoms. The van der Waals surface area contributed by atoms with Gasteiger partial charge >= 0.3 is 0 Å². The first-order valence-electron chi connectivity index (χ1n) is 5.95. The Hall–Kier alpha value is -1.82. The SMILES string of the molecule is CCOc1ccc(C(C)=O)cc1CSc1ncn[nH]1. The Labute approximate surface area is 115 Å². The van der Waals surface area contributed by atoms with Crippen molar-refractivity contribution in [2.24, 2.45) is 0 Å². The molecule has 5 nitrogen and oxygen atoms in total. The van der Waals surface area contributed by atoms with Gasteiger partial charge in [-0.1, -0.05) is 11.8 Å². The van der Waals surface area contributed by atoms with Gasteiger partial charge in [-0.25, -0.2) is 4.98 Å². The summed E-state index contributed by atoms with van der Waals surface area (Å²) < 4.78 is 5.57. The van der Waals surface area contributed by atoms with Crippen LogP contribution >= 0.6 is 11.8 Å². The van der Waals surface area contributed by atoms with Crippen LogP contribution in [-0.4, -0.2) is 27.6 Å². The molecule has 0 aliphatic carbocycles. The van der Waals surface area contributed by atoms with Crippen molar-refractivity contribution in [2.45, 2.75) is 24.8 Å². The maximum atomic E-state index is 11.4. The predicted octanol–water partition coefficient (Wildman–Crippen LogP) is 2.70. The van der Waals surface area contributed by atoms with Gasteiger partial charge < -0.3 is 4.74 Å². The Morgan fingerprint density at radius 3 is 2.95 bits per heavy atom. The molecule has 19 heavy (non-hydrogen) atoms. The molecule has 0 aliphatic heterocycles. The highest BCUT2D eigenvalue weighted by Crippen LogP contribution is 2.27. The maximum absolute atomic E-state index is 11.4. The fraction of sp³-hybridized carbons (Fsp3) is 0.308. The summed E-state index contributed by atoms with van der Waals surface area (Å²) in [7, 11) is 0. The summed E-state index contributed by atoms with van der Waals surface area (Å²) in [5, 5.41) is 7.33. The second kappa shape index (κ2) is 6.38. The first-order chi connectivity index (χ1) is 9.20. The molecule has 0 radical (unpaired) electrons. The van der Waals surface area contributed by atoms with Gasteiger partial charge in [0, 0.05) is 16.9 Å². The lowest BCUT2D eigenvalue weighted by Gasteiger charge is -2.10. The standard InChI is InChI=1S/C13H15N3O2S/c1-3-18-12-5-4-10(9(2)17)6-11(12)7-19-13-14-8-15-16-13/h4-6,8H,3,7H2,1-2H3,(H,14,15,16). The van der Waals surface area contributed by atoms with Crippen molar-refractivity contribution < 1.29 is 9.53 Å². The average Bonchev–Trinajstić information content (AvgIpc) is 2.90. The van der Waals surface area contributed by atoms with Crippen LogP contribution in [0.4, 0.5) is 0 Å². The third kappa shape index (κ3) is 3.57. The summed E-state index contributed by atoms with van der Waals surface area (Å²) >= 11 is 1.52. The Bertz CT molecular complexity index is 555. The van der Waals surface area contributed by atoms with Gasteiger partial charge in [0.2, 0.25) is 0 Å². The lowest BCUT2D eigenvalue weighted by molar-refractivity contribution is 0.101. The molecule has 2 aromatic rings. The smallest absolute Gasteiger partial charge is 0.183 e. The normalized spacial score (nSPS) is 10.4. The Balaban J connectivity index is 2.19. The zero-order valence-electron chi connectivity index (χ0n) is 10.8. The fourth-order valence-corrected chi connectivity index (χ4v) is 2.37. The topological polar surface area (TPSA) is 67.9 Å². The van der Waals surface area contributed by atoms with E-state index in [4.69, 9.17) is 4.74 Å². The molecule has 0 unspecified atom stereocenters. The fourth-order valence-electron chi connectivity index (χ4n) is 1.62. The summed E-state index contributed by atoms with van der Waals surface area (Å²) in [4.78, 5) is 15.5. The van der Waals surface area contributed by atoms with Crippen LogP contribution in [0.3, 0.4) is 0 Å². The molecule has 0 aliphatic rings. The first-order valence-corrected chi connectivity index (χ1v) is 6.94. The second-order valence-corrected chi connectivity index (χ2v) is 4.86. The number of ether oxygens (including phenoxy) is 1. The largest absolute Gasteiger partial charge is 0.494 e. The molecule has 1 heterocycles. The molecular weight excluding hydrogens is 262 g/mol. The molecule has 100 valence electrons. The van der Waals surface area contributed by atoms with E-state index in [0.29, 0.717) is 17.9 Å². The van der Waals surface area contributed by atoms with Crippen molar-refractivity contribution >= 4 is 17.5 Å². The van der Waals surface area contributed by atoms with Crippen molar-refractivity contribution in [3.8, 4) is 5.75 Å². The lowest BCUT2D eigenvalue weighted by Crippen LogP contribution is -1.99. The number of carbonyl (C=O) groups excluding carboxylic acids is 1. The molecule has 0 amide bonds. The van der Waals surface area contributed by atoms with E-state index in [0.717, 1.165) is 16.5 Å². The Morgan fingerprint density at radius 2 is 2.32 bits per heavy atom. The zero-order valence-corrected chi connectivity index (χ0v) is 11.7. The molecule has 2 rings (SSSR count). The van der Waals surface area contributed by atoms with Gasteiger partial charge in [-0.05, 0) is 32.0 Å². The number of thioether (sulfide) groups is 1. The van der Waals surface area contributed by atoms with Crippen molar-refractivity contribution in [1.29, 1.82) is 0 Å². The number of benzene rings is 1. The summed E-state index contributed by atoms with van der Waals surface area (Å²) in [6.45, 7) is 4.09. The highest BCUT2D eigenvalue weighted by molar-refractivity contribution is 7.98. The number of H-pyrrole nitrogens is 1. The molecule has 1 aromatic heterocycles. The van der Waals surface area contributed by atoms with Crippen LogP contribution < -0.4 is 4.74 Å². The Kier molecular flexibility index (Phi) is 4.57. The first kappa shape index (κ1) is 13.6. The third-order valence-corrected chi connectivity index (χ3v) is 3.45. The third-order valence-electron chi connectivity index (χ3n) is 2.52. The number of carbonyl (C=O) groups is 1. The number of ketones is 1. The van der Waals surface area contributed by atoms with E-state index < -0.39 is 0 Å². The van der Waals surface area contributed by atoms with Crippen LogP contribution in [0.2, 0.25) is 0 Å². The van der Waals surface area contributed by atoms with Gasteiger partial charge in [-0.3, -0.25) is 9.89 Å². The molecule has 6 heteroatoms. The van der Waals surface area contributed by atoms with Gasteiger partial charge in [0.15, 0.2) is 10.9 Å². The van der Waals surface area contributed by atoms with Crippen molar-refractivity contribution in [3.63, 3.8) is 0 Å². The molecule has 0 saturated carbocycles. The van der Waals surface area contributed by atoms with E-state index in [1.165, 1.54) is 18.1 Å². The van der Waals surface area contributed by atoms with E-state index in [1.54, 1.807) is 13.0 Å². The lowest BCUT2D eigenvalue weighted by atomic mass is 10.1. The summed E-state index contributed by atoms with van der Waals surface area (Å²) in [6, 6.07) is 5.50. The van der Waals surface area contributed by atoms with Crippen molar-refractivity contribution in [2.75, 3.05) is 6.61 Å². The molecule has 0 saturated heterocycles. The minimum atomic E-state index is 0.0500. The van der Waals surface area contributed by atoms with Gasteiger partial charge in [-0.15, -0.1) is 0 Å². The molecule has 0 fully saturated rings. The summed E-state index contributed by atoms with van der Waals surface area (Å²) in [5.41, 5.74) is 1.67. The van der Waals surface area contributed by atoms with Crippen LogP contribution in [0.15, 0.2) is 29.7 Å². The minimum Gasteiger partial charge on any atom is -0.494 e. The Morgan fingerprint density at radius 1 is 1.47 bits per heavy atom. The molecular formula is C13H15N3O2S. The van der Waals surface area contributed by atoms with E-state index >= 15 is 0 Å². The molecule has 0 spiro atoms. The quantitative estimate of drug-likeness (QED) is 0.649. The van der Waals surface area contributed by atoms with Crippen LogP contribution in [0.1, 0.15) is 29.8 Å². The van der Waals surface area contributed by atoms with Crippen LogP contribution in [-0.2, 0) is 5.75 Å². The average molecular weight is 277 g/mol. The summed E-state index contributed by atoms with van der Waals surface area (Å²) in [6.07, 6.45) is 1.47. The number of hydrogen-bond acceptors (Lipinski definition) is 5. The van der Waals surface area contributed by atoms with Gasteiger partial charge in [0.05, 0.1) is 6.61 Å². The van der Waals surface area contributed by atoms with Crippen molar-refractivity contribution in [3.05, 3.63) is 35.7 Å². The summed E-state index contributed by atoms with van der Waals surface area (Å²) in [5.74, 6) is 1.53. The molecule has 1 aromatic carbocycles. The van der Waals surface area contributed by atoms with Crippen LogP contribution in [0.5, 0.6) is 5.75 Å². The molecule has 0 atom stereocenters. The van der Waals surface area contributed by atoms with E-state index in [2.05, 4.69) is 15.2 Å². The van der Waals surface area contributed by atoms with Gasteiger partial charge in [0.25, 0.3) is 0 Å². The number of rotatable bonds is 6. The van der Waals surface area contributed by atoms with E-state index in [-0.39, 0.29) is 5.78 Å². The van der Waals surface area contributed by atoms with E-state index in [1.807, 2.05) is 19.1 Å². The minimum absolute atomic E-state index is 0.0500.